The summed E-state index contributed by atoms with van der Waals surface area (Å²) < 4.78 is 0. The first kappa shape index (κ1) is 21.9. The van der Waals surface area contributed by atoms with Crippen LogP contribution in [0.2, 0.25) is 0 Å². The molecule has 0 aromatic carbocycles. The Hall–Kier alpha value is -0.360. The van der Waals surface area contributed by atoms with Crippen LogP contribution in [0.4, 0.5) is 0 Å². The van der Waals surface area contributed by atoms with E-state index in [1.807, 2.05) is 26.2 Å². The summed E-state index contributed by atoms with van der Waals surface area (Å²) in [6.07, 6.45) is 2.34. The van der Waals surface area contributed by atoms with Gasteiger partial charge in [-0.05, 0) is 19.8 Å². The molecule has 0 saturated heterocycles. The number of carbonyl (C=O) groups excluding carboxylic acids is 1. The molecule has 4 nitrogen and oxygen atoms in total. The summed E-state index contributed by atoms with van der Waals surface area (Å²) in [5, 5.41) is 6.08. The average molecular weight is 342 g/mol. The number of thiazole rings is 1. The van der Waals surface area contributed by atoms with Crippen LogP contribution in [0.5, 0.6) is 0 Å². The lowest BCUT2D eigenvalue weighted by molar-refractivity contribution is -0.131. The van der Waals surface area contributed by atoms with Gasteiger partial charge < -0.3 is 11.1 Å². The fraction of sp³-hybridized carbons (Fsp3) is 0.692. The summed E-state index contributed by atoms with van der Waals surface area (Å²) >= 11 is 1.64. The summed E-state index contributed by atoms with van der Waals surface area (Å²) in [4.78, 5) is 16.5. The van der Waals surface area contributed by atoms with E-state index in [-0.39, 0.29) is 30.7 Å². The van der Waals surface area contributed by atoms with E-state index >= 15 is 0 Å². The largest absolute Gasteiger partial charge is 0.355 e. The highest BCUT2D eigenvalue weighted by atomic mass is 35.5. The number of aryl methyl sites for hydroxylation is 1. The standard InChI is InChI=1S/C13H23N3OS.2ClH/c1-4-13(5-2,9-14)12(17)15-7-6-11-8-18-10(3)16-11;;/h8H,4-7,9,14H2,1-3H3,(H,15,17);2*1H. The molecule has 1 aromatic heterocycles. The van der Waals surface area contributed by atoms with Crippen LogP contribution in [0.25, 0.3) is 0 Å². The predicted molar refractivity (Wildman–Crippen MR) is 90.1 cm³/mol. The van der Waals surface area contributed by atoms with E-state index in [9.17, 15) is 4.79 Å². The number of hydrogen-bond donors (Lipinski definition) is 2. The van der Waals surface area contributed by atoms with Crippen molar-refractivity contribution in [3.8, 4) is 0 Å². The van der Waals surface area contributed by atoms with Gasteiger partial charge in [-0.2, -0.15) is 0 Å². The van der Waals surface area contributed by atoms with E-state index in [1.165, 1.54) is 0 Å². The van der Waals surface area contributed by atoms with Crippen molar-refractivity contribution in [2.24, 2.45) is 11.1 Å². The van der Waals surface area contributed by atoms with Crippen molar-refractivity contribution in [2.75, 3.05) is 13.1 Å². The minimum Gasteiger partial charge on any atom is -0.355 e. The lowest BCUT2D eigenvalue weighted by Crippen LogP contribution is -2.45. The number of nitrogens with zero attached hydrogens (tertiary/aromatic N) is 1. The first-order valence-electron chi connectivity index (χ1n) is 6.47. The highest BCUT2D eigenvalue weighted by molar-refractivity contribution is 7.09. The smallest absolute Gasteiger partial charge is 0.227 e. The van der Waals surface area contributed by atoms with Gasteiger partial charge in [0.25, 0.3) is 0 Å². The van der Waals surface area contributed by atoms with Gasteiger partial charge in [0, 0.05) is 24.9 Å². The van der Waals surface area contributed by atoms with Crippen molar-refractivity contribution in [2.45, 2.75) is 40.0 Å². The lowest BCUT2D eigenvalue weighted by Gasteiger charge is -2.28. The summed E-state index contributed by atoms with van der Waals surface area (Å²) in [7, 11) is 0. The van der Waals surface area contributed by atoms with E-state index in [2.05, 4.69) is 10.3 Å². The monoisotopic (exact) mass is 341 g/mol. The Balaban J connectivity index is 0. The predicted octanol–water partition coefficient (Wildman–Crippen LogP) is 2.72. The highest BCUT2D eigenvalue weighted by Crippen LogP contribution is 2.24. The van der Waals surface area contributed by atoms with Gasteiger partial charge in [0.05, 0.1) is 16.1 Å². The fourth-order valence-electron chi connectivity index (χ4n) is 1.97. The van der Waals surface area contributed by atoms with Crippen LogP contribution in [0, 0.1) is 12.3 Å². The van der Waals surface area contributed by atoms with Crippen molar-refractivity contribution in [3.63, 3.8) is 0 Å². The molecule has 1 amide bonds. The summed E-state index contributed by atoms with van der Waals surface area (Å²) in [6, 6.07) is 0. The first-order chi connectivity index (χ1) is 8.57. The van der Waals surface area contributed by atoms with Crippen LogP contribution >= 0.6 is 36.2 Å². The van der Waals surface area contributed by atoms with Crippen LogP contribution < -0.4 is 11.1 Å². The fourth-order valence-corrected chi connectivity index (χ4v) is 2.61. The number of carbonyl (C=O) groups is 1. The van der Waals surface area contributed by atoms with Crippen molar-refractivity contribution in [3.05, 3.63) is 16.1 Å². The Morgan fingerprint density at radius 2 is 2.00 bits per heavy atom. The molecule has 0 aliphatic rings. The topological polar surface area (TPSA) is 68.0 Å². The van der Waals surface area contributed by atoms with Gasteiger partial charge in [0.1, 0.15) is 0 Å². The van der Waals surface area contributed by atoms with Crippen molar-refractivity contribution in [1.29, 1.82) is 0 Å². The molecule has 3 N–H and O–H groups in total. The van der Waals surface area contributed by atoms with Crippen molar-refractivity contribution in [1.82, 2.24) is 10.3 Å². The van der Waals surface area contributed by atoms with Crippen molar-refractivity contribution >= 4 is 42.1 Å². The number of amides is 1. The van der Waals surface area contributed by atoms with Gasteiger partial charge in [-0.15, -0.1) is 36.2 Å². The minimum atomic E-state index is -0.405. The van der Waals surface area contributed by atoms with Gasteiger partial charge in [-0.25, -0.2) is 4.98 Å². The Morgan fingerprint density at radius 3 is 2.40 bits per heavy atom. The molecule has 0 unspecified atom stereocenters. The maximum Gasteiger partial charge on any atom is 0.227 e. The van der Waals surface area contributed by atoms with Crippen LogP contribution in [0.1, 0.15) is 37.4 Å². The van der Waals surface area contributed by atoms with Gasteiger partial charge in [-0.1, -0.05) is 13.8 Å². The normalized spacial score (nSPS) is 10.4. The molecule has 1 heterocycles. The maximum absolute atomic E-state index is 12.1. The molecule has 0 bridgehead atoms. The number of aromatic nitrogens is 1. The molecule has 0 atom stereocenters. The van der Waals surface area contributed by atoms with Crippen LogP contribution in [0.15, 0.2) is 5.38 Å². The molecular formula is C13H25Cl2N3OS. The third-order valence-electron chi connectivity index (χ3n) is 3.56. The Morgan fingerprint density at radius 1 is 1.40 bits per heavy atom. The Bertz CT molecular complexity index is 386. The maximum atomic E-state index is 12.1. The summed E-state index contributed by atoms with van der Waals surface area (Å²) in [5.41, 5.74) is 6.39. The lowest BCUT2D eigenvalue weighted by atomic mass is 9.81. The third kappa shape index (κ3) is 5.56. The molecule has 118 valence electrons. The second kappa shape index (κ2) is 10.4. The molecule has 0 aliphatic carbocycles. The molecule has 1 rings (SSSR count). The summed E-state index contributed by atoms with van der Waals surface area (Å²) in [5.74, 6) is 0.0713. The van der Waals surface area contributed by atoms with Crippen LogP contribution in [0.3, 0.4) is 0 Å². The average Bonchev–Trinajstić information content (AvgIpc) is 2.78. The quantitative estimate of drug-likeness (QED) is 0.801. The zero-order chi connectivity index (χ0) is 13.6. The van der Waals surface area contributed by atoms with Gasteiger partial charge in [0.15, 0.2) is 0 Å². The van der Waals surface area contributed by atoms with E-state index < -0.39 is 5.41 Å². The third-order valence-corrected chi connectivity index (χ3v) is 4.38. The number of rotatable bonds is 7. The molecule has 0 aliphatic heterocycles. The van der Waals surface area contributed by atoms with E-state index in [1.54, 1.807) is 11.3 Å². The second-order valence-corrected chi connectivity index (χ2v) is 5.62. The number of nitrogens with one attached hydrogen (secondary N) is 1. The summed E-state index contributed by atoms with van der Waals surface area (Å²) in [6.45, 7) is 7.05. The van der Waals surface area contributed by atoms with Crippen LogP contribution in [-0.4, -0.2) is 24.0 Å². The van der Waals surface area contributed by atoms with Crippen LogP contribution in [-0.2, 0) is 11.2 Å². The zero-order valence-electron chi connectivity index (χ0n) is 12.3. The Labute approximate surface area is 137 Å². The van der Waals surface area contributed by atoms with Gasteiger partial charge in [-0.3, -0.25) is 4.79 Å². The van der Waals surface area contributed by atoms with E-state index in [4.69, 9.17) is 5.73 Å². The molecule has 0 spiro atoms. The molecule has 0 radical (unpaired) electrons. The minimum absolute atomic E-state index is 0. The highest BCUT2D eigenvalue weighted by Gasteiger charge is 2.32. The SMILES string of the molecule is CCC(CC)(CN)C(=O)NCCc1csc(C)n1.Cl.Cl. The van der Waals surface area contributed by atoms with Gasteiger partial charge in [0.2, 0.25) is 5.91 Å². The Kier molecular flexibility index (Phi) is 11.4. The zero-order valence-corrected chi connectivity index (χ0v) is 14.7. The number of halogens is 2. The molecule has 7 heteroatoms. The molecule has 20 heavy (non-hydrogen) atoms. The van der Waals surface area contributed by atoms with Crippen molar-refractivity contribution < 1.29 is 4.79 Å². The molecular weight excluding hydrogens is 317 g/mol. The first-order valence-corrected chi connectivity index (χ1v) is 7.35. The van der Waals surface area contributed by atoms with E-state index in [0.29, 0.717) is 13.1 Å². The second-order valence-electron chi connectivity index (χ2n) is 4.56. The van der Waals surface area contributed by atoms with E-state index in [0.717, 1.165) is 30.0 Å². The molecule has 1 aromatic rings. The number of hydrogen-bond acceptors (Lipinski definition) is 4. The number of nitrogens with two attached hydrogens (primary N) is 1. The molecule has 0 fully saturated rings. The molecule has 0 saturated carbocycles. The van der Waals surface area contributed by atoms with Gasteiger partial charge >= 0.3 is 0 Å².